The second-order valence-corrected chi connectivity index (χ2v) is 5.66. The van der Waals surface area contributed by atoms with E-state index in [0.717, 1.165) is 0 Å². The van der Waals surface area contributed by atoms with Crippen molar-refractivity contribution in [3.63, 3.8) is 0 Å². The molecule has 0 fully saturated rings. The van der Waals surface area contributed by atoms with Gasteiger partial charge >= 0.3 is 5.97 Å². The van der Waals surface area contributed by atoms with Gasteiger partial charge in [-0.2, -0.15) is 0 Å². The van der Waals surface area contributed by atoms with Gasteiger partial charge in [0.05, 0.1) is 6.54 Å². The number of hydrogen-bond acceptors (Lipinski definition) is 4. The third-order valence-corrected chi connectivity index (χ3v) is 3.54. The van der Waals surface area contributed by atoms with E-state index in [0.29, 0.717) is 22.4 Å². The van der Waals surface area contributed by atoms with E-state index >= 15 is 0 Å². The van der Waals surface area contributed by atoms with E-state index in [4.69, 9.17) is 14.6 Å². The van der Waals surface area contributed by atoms with Crippen LogP contribution in [0.1, 0.15) is 21.5 Å². The van der Waals surface area contributed by atoms with Crippen LogP contribution in [-0.2, 0) is 4.79 Å². The van der Waals surface area contributed by atoms with Gasteiger partial charge in [0.2, 0.25) is 0 Å². The Bertz CT molecular complexity index is 783. The number of ether oxygens (including phenoxy) is 2. The second-order valence-electron chi connectivity index (χ2n) is 5.66. The molecule has 2 aromatic rings. The van der Waals surface area contributed by atoms with Crippen LogP contribution in [0, 0.1) is 19.7 Å². The van der Waals surface area contributed by atoms with Crippen molar-refractivity contribution in [2.75, 3.05) is 19.8 Å². The highest BCUT2D eigenvalue weighted by molar-refractivity contribution is 5.94. The van der Waals surface area contributed by atoms with E-state index in [-0.39, 0.29) is 24.8 Å². The Morgan fingerprint density at radius 2 is 1.77 bits per heavy atom. The Balaban J connectivity index is 1.91. The van der Waals surface area contributed by atoms with E-state index < -0.39 is 18.4 Å². The van der Waals surface area contributed by atoms with Gasteiger partial charge < -0.3 is 19.9 Å². The Labute approximate surface area is 150 Å². The number of carboxylic acid groups (broad SMARTS) is 1. The van der Waals surface area contributed by atoms with Gasteiger partial charge in [0, 0.05) is 5.56 Å². The average molecular weight is 361 g/mol. The lowest BCUT2D eigenvalue weighted by molar-refractivity contribution is -0.139. The summed E-state index contributed by atoms with van der Waals surface area (Å²) in [4.78, 5) is 22.8. The maximum absolute atomic E-state index is 13.4. The molecule has 0 atom stereocenters. The van der Waals surface area contributed by atoms with Gasteiger partial charge in [0.1, 0.15) is 12.4 Å². The number of amides is 1. The molecule has 0 aromatic heterocycles. The van der Waals surface area contributed by atoms with Crippen molar-refractivity contribution in [2.45, 2.75) is 13.8 Å². The molecule has 0 spiro atoms. The highest BCUT2D eigenvalue weighted by Crippen LogP contribution is 2.24. The van der Waals surface area contributed by atoms with Crippen molar-refractivity contribution in [1.29, 1.82) is 0 Å². The lowest BCUT2D eigenvalue weighted by Gasteiger charge is -2.13. The molecule has 2 N–H and O–H groups in total. The lowest BCUT2D eigenvalue weighted by atomic mass is 10.1. The molecule has 2 aromatic carbocycles. The number of benzene rings is 2. The van der Waals surface area contributed by atoms with E-state index in [9.17, 15) is 14.0 Å². The highest BCUT2D eigenvalue weighted by Gasteiger charge is 2.12. The fraction of sp³-hybridized carbons (Fsp3) is 0.263. The molecule has 0 aliphatic carbocycles. The summed E-state index contributed by atoms with van der Waals surface area (Å²) in [6, 6.07) is 9.29. The standard InChI is InChI=1S/C19H20FNO5/c1-12-9-14(10-13(2)18(12)26-11-17(22)23)19(24)21-7-8-25-16-6-4-3-5-15(16)20/h3-6,9-10H,7-8,11H2,1-2H3,(H,21,24)(H,22,23). The zero-order valence-electron chi connectivity index (χ0n) is 14.5. The van der Waals surface area contributed by atoms with Crippen LogP contribution in [-0.4, -0.2) is 36.7 Å². The van der Waals surface area contributed by atoms with Crippen LogP contribution in [0.2, 0.25) is 0 Å². The minimum atomic E-state index is -1.07. The molecule has 2 rings (SSSR count). The van der Waals surface area contributed by atoms with E-state index in [1.54, 1.807) is 38.1 Å². The molecule has 6 nitrogen and oxygen atoms in total. The number of hydrogen-bond donors (Lipinski definition) is 2. The third kappa shape index (κ3) is 5.20. The molecule has 26 heavy (non-hydrogen) atoms. The zero-order valence-corrected chi connectivity index (χ0v) is 14.5. The molecule has 7 heteroatoms. The molecule has 0 saturated heterocycles. The number of carboxylic acids is 1. The summed E-state index contributed by atoms with van der Waals surface area (Å²) < 4.78 is 23.9. The van der Waals surface area contributed by atoms with Crippen molar-refractivity contribution in [3.8, 4) is 11.5 Å². The molecule has 0 bridgehead atoms. The Hall–Kier alpha value is -3.09. The number of carbonyl (C=O) groups is 2. The molecule has 0 heterocycles. The molecule has 0 aliphatic heterocycles. The quantitative estimate of drug-likeness (QED) is 0.706. The SMILES string of the molecule is Cc1cc(C(=O)NCCOc2ccccc2F)cc(C)c1OCC(=O)O. The van der Waals surface area contributed by atoms with Crippen LogP contribution in [0.25, 0.3) is 0 Å². The zero-order chi connectivity index (χ0) is 19.1. The second kappa shape index (κ2) is 8.84. The van der Waals surface area contributed by atoms with Gasteiger partial charge in [-0.1, -0.05) is 12.1 Å². The van der Waals surface area contributed by atoms with Gasteiger partial charge in [-0.25, -0.2) is 9.18 Å². The summed E-state index contributed by atoms with van der Waals surface area (Å²) in [6.07, 6.45) is 0. The fourth-order valence-corrected chi connectivity index (χ4v) is 2.43. The Morgan fingerprint density at radius 1 is 1.12 bits per heavy atom. The molecule has 1 amide bonds. The summed E-state index contributed by atoms with van der Waals surface area (Å²) in [5.41, 5.74) is 1.76. The molecule has 0 unspecified atom stereocenters. The molecular weight excluding hydrogens is 341 g/mol. The molecule has 138 valence electrons. The molecular formula is C19H20FNO5. The van der Waals surface area contributed by atoms with Crippen LogP contribution in [0.4, 0.5) is 4.39 Å². The molecule has 0 aliphatic rings. The summed E-state index contributed by atoms with van der Waals surface area (Å²) in [7, 11) is 0. The molecule has 0 saturated carbocycles. The predicted octanol–water partition coefficient (Wildman–Crippen LogP) is 2.71. The van der Waals surface area contributed by atoms with Gasteiger partial charge in [0.15, 0.2) is 18.2 Å². The number of rotatable bonds is 8. The number of halogens is 1. The van der Waals surface area contributed by atoms with Gasteiger partial charge in [-0.15, -0.1) is 0 Å². The smallest absolute Gasteiger partial charge is 0.341 e. The minimum absolute atomic E-state index is 0.129. The minimum Gasteiger partial charge on any atom is -0.489 e. The Kier molecular flexibility index (Phi) is 6.54. The first kappa shape index (κ1) is 19.2. The maximum Gasteiger partial charge on any atom is 0.341 e. The first-order chi connectivity index (χ1) is 12.4. The number of aliphatic carboxylic acids is 1. The summed E-state index contributed by atoms with van der Waals surface area (Å²) in [5, 5.41) is 11.4. The van der Waals surface area contributed by atoms with Crippen LogP contribution >= 0.6 is 0 Å². The fourth-order valence-electron chi connectivity index (χ4n) is 2.43. The number of aryl methyl sites for hydroxylation is 2. The normalized spacial score (nSPS) is 10.3. The lowest BCUT2D eigenvalue weighted by Crippen LogP contribution is -2.28. The van der Waals surface area contributed by atoms with Gasteiger partial charge in [0.25, 0.3) is 5.91 Å². The largest absolute Gasteiger partial charge is 0.489 e. The average Bonchev–Trinajstić information content (AvgIpc) is 2.58. The highest BCUT2D eigenvalue weighted by atomic mass is 19.1. The van der Waals surface area contributed by atoms with Crippen molar-refractivity contribution in [2.24, 2.45) is 0 Å². The van der Waals surface area contributed by atoms with Crippen LogP contribution in [0.5, 0.6) is 11.5 Å². The van der Waals surface area contributed by atoms with Gasteiger partial charge in [-0.3, -0.25) is 4.79 Å². The number of carbonyl (C=O) groups excluding carboxylic acids is 1. The summed E-state index contributed by atoms with van der Waals surface area (Å²) >= 11 is 0. The van der Waals surface area contributed by atoms with Crippen molar-refractivity contribution < 1.29 is 28.6 Å². The Morgan fingerprint density at radius 3 is 2.38 bits per heavy atom. The van der Waals surface area contributed by atoms with Gasteiger partial charge in [-0.05, 0) is 49.2 Å². The van der Waals surface area contributed by atoms with E-state index in [1.807, 2.05) is 0 Å². The van der Waals surface area contributed by atoms with Crippen molar-refractivity contribution in [3.05, 3.63) is 58.9 Å². The van der Waals surface area contributed by atoms with E-state index in [1.165, 1.54) is 12.1 Å². The topological polar surface area (TPSA) is 84.9 Å². The first-order valence-electron chi connectivity index (χ1n) is 8.00. The van der Waals surface area contributed by atoms with Crippen LogP contribution < -0.4 is 14.8 Å². The van der Waals surface area contributed by atoms with Crippen LogP contribution in [0.3, 0.4) is 0 Å². The first-order valence-corrected chi connectivity index (χ1v) is 8.00. The summed E-state index contributed by atoms with van der Waals surface area (Å²) in [5.74, 6) is -1.25. The maximum atomic E-state index is 13.4. The summed E-state index contributed by atoms with van der Waals surface area (Å²) in [6.45, 7) is 3.37. The van der Waals surface area contributed by atoms with Crippen molar-refractivity contribution >= 4 is 11.9 Å². The number of para-hydroxylation sites is 1. The van der Waals surface area contributed by atoms with E-state index in [2.05, 4.69) is 5.32 Å². The van der Waals surface area contributed by atoms with Crippen LogP contribution in [0.15, 0.2) is 36.4 Å². The number of nitrogens with one attached hydrogen (secondary N) is 1. The monoisotopic (exact) mass is 361 g/mol. The predicted molar refractivity (Wildman–Crippen MR) is 93.3 cm³/mol. The third-order valence-electron chi connectivity index (χ3n) is 3.54. The molecule has 0 radical (unpaired) electrons. The van der Waals surface area contributed by atoms with Crippen molar-refractivity contribution in [1.82, 2.24) is 5.32 Å².